The first-order valence-corrected chi connectivity index (χ1v) is 9.78. The van der Waals surface area contributed by atoms with Crippen LogP contribution in [0, 0.1) is 5.41 Å². The van der Waals surface area contributed by atoms with Crippen LogP contribution in [0.15, 0.2) is 46.8 Å². The van der Waals surface area contributed by atoms with Gasteiger partial charge in [-0.1, -0.05) is 19.9 Å². The molecule has 0 bridgehead atoms. The van der Waals surface area contributed by atoms with Gasteiger partial charge in [0.1, 0.15) is 18.1 Å². The lowest BCUT2D eigenvalue weighted by atomic mass is 9.72. The van der Waals surface area contributed by atoms with Gasteiger partial charge in [-0.2, -0.15) is 0 Å². The van der Waals surface area contributed by atoms with Crippen LogP contribution in [0.3, 0.4) is 0 Å². The molecule has 2 aliphatic rings. The van der Waals surface area contributed by atoms with Crippen LogP contribution in [0.4, 0.5) is 0 Å². The third-order valence-corrected chi connectivity index (χ3v) is 4.79. The normalized spacial score (nSPS) is 22.4. The molecule has 0 amide bonds. The van der Waals surface area contributed by atoms with Gasteiger partial charge >= 0.3 is 11.9 Å². The highest BCUT2D eigenvalue weighted by Gasteiger charge is 2.29. The van der Waals surface area contributed by atoms with E-state index in [0.29, 0.717) is 5.57 Å². The summed E-state index contributed by atoms with van der Waals surface area (Å²) in [5, 5.41) is 0. The summed E-state index contributed by atoms with van der Waals surface area (Å²) in [5.74, 6) is -1.02. The third-order valence-electron chi connectivity index (χ3n) is 4.79. The number of ether oxygens (including phenoxy) is 3. The van der Waals surface area contributed by atoms with E-state index in [4.69, 9.17) is 14.2 Å². The lowest BCUT2D eigenvalue weighted by molar-refractivity contribution is -0.152. The number of rotatable bonds is 6. The van der Waals surface area contributed by atoms with Crippen molar-refractivity contribution in [2.75, 3.05) is 0 Å². The lowest BCUT2D eigenvalue weighted by Crippen LogP contribution is -2.25. The molecule has 0 N–H and O–H groups in total. The van der Waals surface area contributed by atoms with Crippen molar-refractivity contribution >= 4 is 18.2 Å². The van der Waals surface area contributed by atoms with Crippen molar-refractivity contribution in [1.29, 1.82) is 0 Å². The van der Waals surface area contributed by atoms with E-state index in [-0.39, 0.29) is 11.0 Å². The fourth-order valence-electron chi connectivity index (χ4n) is 3.26. The van der Waals surface area contributed by atoms with E-state index >= 15 is 0 Å². The highest BCUT2D eigenvalue weighted by atomic mass is 16.7. The van der Waals surface area contributed by atoms with Crippen LogP contribution in [-0.4, -0.2) is 30.1 Å². The van der Waals surface area contributed by atoms with Gasteiger partial charge in [0.05, 0.1) is 5.57 Å². The van der Waals surface area contributed by atoms with Crippen LogP contribution in [0.5, 0.6) is 0 Å². The molecule has 1 unspecified atom stereocenters. The third kappa shape index (κ3) is 6.17. The van der Waals surface area contributed by atoms with Crippen molar-refractivity contribution in [2.24, 2.45) is 5.41 Å². The van der Waals surface area contributed by atoms with E-state index in [1.165, 1.54) is 12.3 Å². The molecule has 0 radical (unpaired) electrons. The Bertz CT molecular complexity index is 802. The summed E-state index contributed by atoms with van der Waals surface area (Å²) in [4.78, 5) is 35.6. The highest BCUT2D eigenvalue weighted by molar-refractivity contribution is 5.92. The molecule has 0 aromatic heterocycles. The maximum Gasteiger partial charge on any atom is 0.341 e. The van der Waals surface area contributed by atoms with Crippen molar-refractivity contribution in [3.05, 3.63) is 46.8 Å². The Balaban J connectivity index is 2.31. The van der Waals surface area contributed by atoms with Gasteiger partial charge in [0.2, 0.25) is 0 Å². The molecule has 1 aliphatic carbocycles. The summed E-state index contributed by atoms with van der Waals surface area (Å²) in [5.41, 5.74) is 1.39. The van der Waals surface area contributed by atoms with Gasteiger partial charge in [0.15, 0.2) is 0 Å². The number of esters is 2. The molecule has 2 rings (SSSR count). The first kappa shape index (κ1) is 22.7. The molecule has 1 aliphatic heterocycles. The fraction of sp³-hybridized carbons (Fsp3) is 0.522. The monoisotopic (exact) mass is 402 g/mol. The summed E-state index contributed by atoms with van der Waals surface area (Å²) in [7, 11) is 0. The van der Waals surface area contributed by atoms with Crippen LogP contribution in [0.25, 0.3) is 0 Å². The molecule has 0 aromatic carbocycles. The number of aldehydes is 1. The zero-order chi connectivity index (χ0) is 21.8. The summed E-state index contributed by atoms with van der Waals surface area (Å²) < 4.78 is 16.0. The van der Waals surface area contributed by atoms with Crippen LogP contribution < -0.4 is 0 Å². The topological polar surface area (TPSA) is 78.9 Å². The molecule has 0 fully saturated rings. The van der Waals surface area contributed by atoms with Crippen LogP contribution >= 0.6 is 0 Å². The predicted molar refractivity (Wildman–Crippen MR) is 109 cm³/mol. The fourth-order valence-corrected chi connectivity index (χ4v) is 3.26. The molecule has 1 heterocycles. The number of hydrogen-bond acceptors (Lipinski definition) is 6. The predicted octanol–water partition coefficient (Wildman–Crippen LogP) is 4.32. The molecule has 29 heavy (non-hydrogen) atoms. The molecular weight excluding hydrogens is 372 g/mol. The van der Waals surface area contributed by atoms with Crippen molar-refractivity contribution in [2.45, 2.75) is 72.7 Å². The lowest BCUT2D eigenvalue weighted by Gasteiger charge is -2.32. The smallest absolute Gasteiger partial charge is 0.341 e. The second-order valence-electron chi connectivity index (χ2n) is 8.96. The minimum absolute atomic E-state index is 0.160. The van der Waals surface area contributed by atoms with Gasteiger partial charge in [-0.05, 0) is 69.6 Å². The van der Waals surface area contributed by atoms with Gasteiger partial charge in [0, 0.05) is 11.6 Å². The Morgan fingerprint density at radius 2 is 2.00 bits per heavy atom. The quantitative estimate of drug-likeness (QED) is 0.216. The molecule has 1 atom stereocenters. The van der Waals surface area contributed by atoms with Crippen molar-refractivity contribution < 1.29 is 28.6 Å². The largest absolute Gasteiger partial charge is 0.458 e. The zero-order valence-corrected chi connectivity index (χ0v) is 18.0. The SMILES string of the molecule is CC1=CC(O/C=C(\C=C\C2=C(C=O)CCCC2(C)C)C(=O)OC(C)(C)C)OC1=O. The van der Waals surface area contributed by atoms with E-state index in [2.05, 4.69) is 13.8 Å². The van der Waals surface area contributed by atoms with Crippen LogP contribution in [0.2, 0.25) is 0 Å². The summed E-state index contributed by atoms with van der Waals surface area (Å²) in [6.07, 6.45) is 8.77. The maximum absolute atomic E-state index is 12.6. The second kappa shape index (κ2) is 8.80. The Labute approximate surface area is 172 Å². The van der Waals surface area contributed by atoms with Crippen LogP contribution in [0.1, 0.15) is 60.8 Å². The molecule has 0 saturated carbocycles. The Morgan fingerprint density at radius 1 is 1.31 bits per heavy atom. The molecule has 6 nitrogen and oxygen atoms in total. The van der Waals surface area contributed by atoms with Gasteiger partial charge in [-0.3, -0.25) is 4.79 Å². The van der Waals surface area contributed by atoms with Gasteiger partial charge < -0.3 is 14.2 Å². The Morgan fingerprint density at radius 3 is 2.55 bits per heavy atom. The number of cyclic esters (lactones) is 1. The minimum atomic E-state index is -0.885. The van der Waals surface area contributed by atoms with Gasteiger partial charge in [0.25, 0.3) is 6.29 Å². The minimum Gasteiger partial charge on any atom is -0.458 e. The van der Waals surface area contributed by atoms with Gasteiger partial charge in [-0.25, -0.2) is 9.59 Å². The number of hydrogen-bond donors (Lipinski definition) is 0. The Hall–Kier alpha value is -2.63. The molecule has 158 valence electrons. The van der Waals surface area contributed by atoms with E-state index in [0.717, 1.165) is 36.7 Å². The van der Waals surface area contributed by atoms with E-state index in [1.54, 1.807) is 39.8 Å². The average molecular weight is 402 g/mol. The molecule has 0 saturated heterocycles. The van der Waals surface area contributed by atoms with Gasteiger partial charge in [-0.15, -0.1) is 0 Å². The second-order valence-corrected chi connectivity index (χ2v) is 8.96. The molecular formula is C23H30O6. The van der Waals surface area contributed by atoms with Crippen molar-refractivity contribution in [1.82, 2.24) is 0 Å². The summed E-state index contributed by atoms with van der Waals surface area (Å²) >= 11 is 0. The van der Waals surface area contributed by atoms with Crippen LogP contribution in [-0.2, 0) is 28.6 Å². The summed E-state index contributed by atoms with van der Waals surface area (Å²) in [6, 6.07) is 0. The zero-order valence-electron chi connectivity index (χ0n) is 18.0. The number of carbonyl (C=O) groups is 3. The first-order chi connectivity index (χ1) is 13.4. The number of allylic oxidation sites excluding steroid dienone is 3. The number of carbonyl (C=O) groups excluding carboxylic acids is 3. The highest BCUT2D eigenvalue weighted by Crippen LogP contribution is 2.40. The van der Waals surface area contributed by atoms with E-state index in [9.17, 15) is 14.4 Å². The Kier molecular flexibility index (Phi) is 6.88. The molecule has 6 heteroatoms. The van der Waals surface area contributed by atoms with E-state index in [1.807, 2.05) is 0 Å². The molecule has 0 aromatic rings. The van der Waals surface area contributed by atoms with E-state index < -0.39 is 23.8 Å². The molecule has 0 spiro atoms. The standard InChI is InChI=1S/C23H30O6/c1-15-12-19(28-20(15)25)27-14-17(21(26)29-22(2,3)4)9-10-18-16(13-24)8-7-11-23(18,5)6/h9-10,12-14,19H,7-8,11H2,1-6H3/b10-9+,17-14+. The average Bonchev–Trinajstić information content (AvgIpc) is 2.91. The summed E-state index contributed by atoms with van der Waals surface area (Å²) in [6.45, 7) is 11.1. The maximum atomic E-state index is 12.6. The first-order valence-electron chi connectivity index (χ1n) is 9.78. The van der Waals surface area contributed by atoms with Crippen molar-refractivity contribution in [3.63, 3.8) is 0 Å². The van der Waals surface area contributed by atoms with Crippen molar-refractivity contribution in [3.8, 4) is 0 Å².